The number of nitrogens with zero attached hydrogens (tertiary/aromatic N) is 1. The summed E-state index contributed by atoms with van der Waals surface area (Å²) in [6.45, 7) is 2.65. The fraction of sp³-hybridized carbons (Fsp3) is 0.227. The summed E-state index contributed by atoms with van der Waals surface area (Å²) >= 11 is 0. The second-order valence-electron chi connectivity index (χ2n) is 7.00. The third-order valence-electron chi connectivity index (χ3n) is 4.88. The first-order chi connectivity index (χ1) is 15.9. The minimum absolute atomic E-state index is 0.0270. The Bertz CT molecular complexity index is 1330. The van der Waals surface area contributed by atoms with E-state index in [0.717, 1.165) is 32.5 Å². The Balaban J connectivity index is 2.28. The number of H-pyrrole nitrogens is 1. The number of aryl methyl sites for hydroxylation is 1. The number of nitrogens with one attached hydrogen (secondary N) is 1. The number of hydrogen-bond acceptors (Lipinski definition) is 6. The van der Waals surface area contributed by atoms with Gasteiger partial charge in [-0.15, -0.1) is 0 Å². The largest absolute Gasteiger partial charge is 0.490 e. The van der Waals surface area contributed by atoms with Crippen molar-refractivity contribution in [2.24, 2.45) is 0 Å². The first-order valence-electron chi connectivity index (χ1n) is 9.49. The Labute approximate surface area is 189 Å². The van der Waals surface area contributed by atoms with Crippen LogP contribution in [0.5, 0.6) is 17.2 Å². The molecule has 0 aliphatic carbocycles. The molecule has 1 aromatic carbocycles. The molecule has 3 aromatic rings. The van der Waals surface area contributed by atoms with E-state index in [1.807, 2.05) is 0 Å². The number of carbonyl (C=O) groups is 1. The summed E-state index contributed by atoms with van der Waals surface area (Å²) in [7, 11) is 2.12. The number of alkyl halides is 3. The van der Waals surface area contributed by atoms with Gasteiger partial charge in [-0.25, -0.2) is 14.2 Å². The molecule has 0 fully saturated rings. The summed E-state index contributed by atoms with van der Waals surface area (Å²) in [4.78, 5) is 30.8. The van der Waals surface area contributed by atoms with Gasteiger partial charge in [-0.2, -0.15) is 17.6 Å². The Kier molecular flexibility index (Phi) is 6.62. The molecule has 0 spiro atoms. The van der Waals surface area contributed by atoms with Crippen LogP contribution in [0.15, 0.2) is 29.2 Å². The molecule has 12 heteroatoms. The van der Waals surface area contributed by atoms with E-state index in [2.05, 4.69) is 14.7 Å². The lowest BCUT2D eigenvalue weighted by molar-refractivity contribution is -0.141. The third kappa shape index (κ3) is 4.43. The van der Waals surface area contributed by atoms with Crippen molar-refractivity contribution in [2.75, 3.05) is 14.2 Å². The zero-order chi connectivity index (χ0) is 25.4. The molecule has 2 aromatic heterocycles. The van der Waals surface area contributed by atoms with Crippen LogP contribution >= 0.6 is 0 Å². The van der Waals surface area contributed by atoms with E-state index in [-0.39, 0.29) is 39.6 Å². The van der Waals surface area contributed by atoms with Gasteiger partial charge in [-0.1, -0.05) is 0 Å². The number of esters is 1. The predicted octanol–water partition coefficient (Wildman–Crippen LogP) is 4.94. The monoisotopic (exact) mass is 484 g/mol. The lowest BCUT2D eigenvalue weighted by Gasteiger charge is -2.17. The zero-order valence-corrected chi connectivity index (χ0v) is 18.2. The molecule has 0 atom stereocenters. The lowest BCUT2D eigenvalue weighted by Crippen LogP contribution is -2.22. The second kappa shape index (κ2) is 9.12. The van der Waals surface area contributed by atoms with E-state index in [9.17, 15) is 31.5 Å². The van der Waals surface area contributed by atoms with E-state index in [4.69, 9.17) is 9.47 Å². The van der Waals surface area contributed by atoms with E-state index >= 15 is 0 Å². The van der Waals surface area contributed by atoms with Crippen LogP contribution in [0.25, 0.3) is 11.3 Å². The van der Waals surface area contributed by atoms with Crippen molar-refractivity contribution in [2.45, 2.75) is 20.0 Å². The topological polar surface area (TPSA) is 90.5 Å². The van der Waals surface area contributed by atoms with Crippen LogP contribution in [0, 0.1) is 25.5 Å². The quantitative estimate of drug-likeness (QED) is 0.408. The van der Waals surface area contributed by atoms with E-state index < -0.39 is 40.7 Å². The Hall–Kier alpha value is -3.96. The second-order valence-corrected chi connectivity index (χ2v) is 7.00. The highest BCUT2D eigenvalue weighted by Gasteiger charge is 2.34. The van der Waals surface area contributed by atoms with Gasteiger partial charge in [-0.05, 0) is 32.0 Å². The highest BCUT2D eigenvalue weighted by atomic mass is 19.4. The smallest absolute Gasteiger partial charge is 0.433 e. The van der Waals surface area contributed by atoms with Crippen LogP contribution in [0.2, 0.25) is 0 Å². The molecule has 180 valence electrons. The highest BCUT2D eigenvalue weighted by molar-refractivity contribution is 5.91. The molecular weight excluding hydrogens is 467 g/mol. The molecule has 0 amide bonds. The molecule has 0 bridgehead atoms. The maximum absolute atomic E-state index is 14.1. The van der Waals surface area contributed by atoms with Gasteiger partial charge in [0.05, 0.1) is 26.1 Å². The number of benzene rings is 1. The lowest BCUT2D eigenvalue weighted by atomic mass is 10.0. The summed E-state index contributed by atoms with van der Waals surface area (Å²) in [5, 5.41) is 0. The van der Waals surface area contributed by atoms with Gasteiger partial charge in [0.15, 0.2) is 22.7 Å². The number of aromatic nitrogens is 2. The number of rotatable bonds is 5. The van der Waals surface area contributed by atoms with Crippen LogP contribution < -0.4 is 14.9 Å². The number of pyridine rings is 2. The van der Waals surface area contributed by atoms with Crippen LogP contribution in [0.3, 0.4) is 0 Å². The van der Waals surface area contributed by atoms with E-state index in [1.165, 1.54) is 13.8 Å². The van der Waals surface area contributed by atoms with Crippen LogP contribution in [0.4, 0.5) is 22.0 Å². The van der Waals surface area contributed by atoms with Gasteiger partial charge < -0.3 is 19.2 Å². The van der Waals surface area contributed by atoms with Crippen LogP contribution in [-0.2, 0) is 10.9 Å². The Morgan fingerprint density at radius 2 is 1.76 bits per heavy atom. The number of carbonyl (C=O) groups excluding carboxylic acids is 1. The van der Waals surface area contributed by atoms with Gasteiger partial charge in [0, 0.05) is 16.8 Å². The van der Waals surface area contributed by atoms with Crippen molar-refractivity contribution in [1.82, 2.24) is 9.97 Å². The summed E-state index contributed by atoms with van der Waals surface area (Å²) in [5.74, 6) is -4.85. The maximum atomic E-state index is 14.1. The summed E-state index contributed by atoms with van der Waals surface area (Å²) in [6, 6.07) is 2.38. The molecule has 0 aliphatic rings. The first kappa shape index (κ1) is 24.7. The summed E-state index contributed by atoms with van der Waals surface area (Å²) in [5.41, 5.74) is -2.88. The fourth-order valence-electron chi connectivity index (χ4n) is 3.21. The van der Waals surface area contributed by atoms with Crippen molar-refractivity contribution in [3.05, 3.63) is 68.8 Å². The molecule has 7 nitrogen and oxygen atoms in total. The molecule has 34 heavy (non-hydrogen) atoms. The third-order valence-corrected chi connectivity index (χ3v) is 4.88. The molecule has 1 N–H and O–H groups in total. The zero-order valence-electron chi connectivity index (χ0n) is 18.2. The molecule has 2 heterocycles. The number of ether oxygens (including phenoxy) is 3. The van der Waals surface area contributed by atoms with Crippen molar-refractivity contribution >= 4 is 5.97 Å². The highest BCUT2D eigenvalue weighted by Crippen LogP contribution is 2.41. The Morgan fingerprint density at radius 1 is 1.09 bits per heavy atom. The molecule has 0 aliphatic heterocycles. The molecular formula is C22H17F5N2O5. The number of aromatic amines is 1. The summed E-state index contributed by atoms with van der Waals surface area (Å²) < 4.78 is 82.8. The minimum atomic E-state index is -4.85. The van der Waals surface area contributed by atoms with Crippen molar-refractivity contribution in [3.8, 4) is 28.5 Å². The average molecular weight is 484 g/mol. The van der Waals surface area contributed by atoms with Gasteiger partial charge in [0.2, 0.25) is 11.6 Å². The normalized spacial score (nSPS) is 11.3. The fourth-order valence-corrected chi connectivity index (χ4v) is 3.21. The van der Waals surface area contributed by atoms with Crippen molar-refractivity contribution in [1.29, 1.82) is 0 Å². The van der Waals surface area contributed by atoms with Gasteiger partial charge >= 0.3 is 12.1 Å². The molecule has 0 saturated carbocycles. The molecule has 0 saturated heterocycles. The SMILES string of the molecule is COC(=O)c1c(C)[nH]c(-c2cc(C(F)(F)F)ncc2Oc2ccc(F)c(F)c2OC)c(C)c1=O. The van der Waals surface area contributed by atoms with Crippen LogP contribution in [-0.4, -0.2) is 30.2 Å². The number of hydrogen-bond donors (Lipinski definition) is 1. The average Bonchev–Trinajstić information content (AvgIpc) is 2.78. The van der Waals surface area contributed by atoms with Gasteiger partial charge in [-0.3, -0.25) is 4.79 Å². The molecule has 0 radical (unpaired) electrons. The van der Waals surface area contributed by atoms with E-state index in [1.54, 1.807) is 0 Å². The minimum Gasteiger partial charge on any atom is -0.490 e. The van der Waals surface area contributed by atoms with Crippen LogP contribution in [0.1, 0.15) is 27.3 Å². The van der Waals surface area contributed by atoms with E-state index in [0.29, 0.717) is 6.07 Å². The number of halogens is 5. The van der Waals surface area contributed by atoms with Gasteiger partial charge in [0.25, 0.3) is 0 Å². The Morgan fingerprint density at radius 3 is 2.35 bits per heavy atom. The number of methoxy groups -OCH3 is 2. The van der Waals surface area contributed by atoms with Crippen molar-refractivity contribution < 1.29 is 41.0 Å². The maximum Gasteiger partial charge on any atom is 0.433 e. The van der Waals surface area contributed by atoms with Gasteiger partial charge in [0.1, 0.15) is 11.3 Å². The standard InChI is InChI=1S/C22H17F5N2O5/c1-9-18(29-10(2)16(19(9)30)21(31)33-4)11-7-15(22(25,26)27)28-8-14(11)34-13-6-5-12(23)17(24)20(13)32-3/h5-8H,1-4H3,(H,29,30). The predicted molar refractivity (Wildman–Crippen MR) is 109 cm³/mol. The van der Waals surface area contributed by atoms with Crippen molar-refractivity contribution in [3.63, 3.8) is 0 Å². The summed E-state index contributed by atoms with van der Waals surface area (Å²) in [6.07, 6.45) is -4.12. The first-order valence-corrected chi connectivity index (χ1v) is 9.49. The molecule has 0 unspecified atom stereocenters. The molecule has 3 rings (SSSR count).